The third-order valence-electron chi connectivity index (χ3n) is 4.42. The summed E-state index contributed by atoms with van der Waals surface area (Å²) in [6, 6.07) is 2.13. The topological polar surface area (TPSA) is 80.3 Å². The van der Waals surface area contributed by atoms with E-state index in [2.05, 4.69) is 20.1 Å². The molecular formula is C16H24N6O2. The van der Waals surface area contributed by atoms with E-state index in [1.54, 1.807) is 13.1 Å². The van der Waals surface area contributed by atoms with Crippen molar-refractivity contribution in [2.45, 2.75) is 45.8 Å². The maximum Gasteiger partial charge on any atom is 0.226 e. The quantitative estimate of drug-likeness (QED) is 0.751. The predicted octanol–water partition coefficient (Wildman–Crippen LogP) is 0.951. The molecule has 24 heavy (non-hydrogen) atoms. The number of likely N-dealkylation sites (tertiary alicyclic amines) is 1. The molecule has 1 amide bonds. The van der Waals surface area contributed by atoms with Gasteiger partial charge in [0.1, 0.15) is 0 Å². The van der Waals surface area contributed by atoms with E-state index in [-0.39, 0.29) is 11.9 Å². The van der Waals surface area contributed by atoms with Crippen LogP contribution in [0.15, 0.2) is 23.0 Å². The molecule has 0 aliphatic carbocycles. The number of nitrogens with zero attached hydrogens (tertiary/aromatic N) is 6. The van der Waals surface area contributed by atoms with E-state index in [0.717, 1.165) is 32.6 Å². The summed E-state index contributed by atoms with van der Waals surface area (Å²) in [4.78, 5) is 20.6. The van der Waals surface area contributed by atoms with Gasteiger partial charge in [-0.1, -0.05) is 12.1 Å². The fraction of sp³-hybridized carbons (Fsp3) is 0.625. The van der Waals surface area contributed by atoms with Gasteiger partial charge in [-0.3, -0.25) is 14.4 Å². The highest BCUT2D eigenvalue weighted by Crippen LogP contribution is 2.18. The van der Waals surface area contributed by atoms with Crippen LogP contribution >= 0.6 is 0 Å². The van der Waals surface area contributed by atoms with Crippen LogP contribution in [0.4, 0.5) is 0 Å². The Bertz CT molecular complexity index is 653. The summed E-state index contributed by atoms with van der Waals surface area (Å²) in [5.41, 5.74) is 0. The molecule has 130 valence electrons. The lowest BCUT2D eigenvalue weighted by Crippen LogP contribution is -2.40. The number of hydrogen-bond donors (Lipinski definition) is 0. The van der Waals surface area contributed by atoms with E-state index < -0.39 is 0 Å². The molecule has 0 N–H and O–H groups in total. The first-order chi connectivity index (χ1) is 11.7. The molecule has 0 bridgehead atoms. The minimum atomic E-state index is 0.0526. The Morgan fingerprint density at radius 1 is 1.46 bits per heavy atom. The third kappa shape index (κ3) is 4.00. The molecule has 0 spiro atoms. The molecule has 1 aliphatic heterocycles. The Balaban J connectivity index is 1.55. The van der Waals surface area contributed by atoms with Crippen molar-refractivity contribution in [3.05, 3.63) is 30.2 Å². The van der Waals surface area contributed by atoms with Gasteiger partial charge in [-0.05, 0) is 12.5 Å². The molecule has 3 rings (SSSR count). The van der Waals surface area contributed by atoms with Crippen LogP contribution in [0.2, 0.25) is 0 Å². The Hall–Kier alpha value is -2.22. The Morgan fingerprint density at radius 2 is 2.33 bits per heavy atom. The SMILES string of the molecule is CCc1nc(CN(C(C)=O)[C@H]2CCN(CCn3cccn3)C2)no1. The molecule has 1 aliphatic rings. The monoisotopic (exact) mass is 332 g/mol. The van der Waals surface area contributed by atoms with Crippen LogP contribution in [0.5, 0.6) is 0 Å². The normalized spacial score (nSPS) is 18.2. The van der Waals surface area contributed by atoms with E-state index in [1.807, 2.05) is 28.8 Å². The maximum absolute atomic E-state index is 12.1. The molecule has 1 saturated heterocycles. The largest absolute Gasteiger partial charge is 0.339 e. The number of aromatic nitrogens is 4. The van der Waals surface area contributed by atoms with Crippen LogP contribution in [-0.4, -0.2) is 61.3 Å². The number of amides is 1. The van der Waals surface area contributed by atoms with E-state index in [1.165, 1.54) is 0 Å². The predicted molar refractivity (Wildman–Crippen MR) is 87.0 cm³/mol. The molecule has 1 fully saturated rings. The summed E-state index contributed by atoms with van der Waals surface area (Å²) in [6.07, 6.45) is 5.44. The molecule has 2 aromatic heterocycles. The first-order valence-electron chi connectivity index (χ1n) is 8.44. The van der Waals surface area contributed by atoms with Crippen molar-refractivity contribution >= 4 is 5.91 Å². The summed E-state index contributed by atoms with van der Waals surface area (Å²) in [7, 11) is 0. The van der Waals surface area contributed by atoms with Crippen LogP contribution in [0, 0.1) is 0 Å². The summed E-state index contributed by atoms with van der Waals surface area (Å²) in [5, 5.41) is 8.19. The lowest BCUT2D eigenvalue weighted by Gasteiger charge is -2.27. The number of carbonyl (C=O) groups is 1. The van der Waals surface area contributed by atoms with E-state index >= 15 is 0 Å². The standard InChI is InChI=1S/C16H24N6O2/c1-3-16-18-15(19-24-16)12-22(13(2)23)14-5-8-20(11-14)9-10-21-7-4-6-17-21/h4,6-7,14H,3,5,8-12H2,1-2H3/t14-/m0/s1. The fourth-order valence-corrected chi connectivity index (χ4v) is 3.09. The molecule has 3 heterocycles. The minimum Gasteiger partial charge on any atom is -0.339 e. The first-order valence-corrected chi connectivity index (χ1v) is 8.44. The molecule has 8 nitrogen and oxygen atoms in total. The molecule has 0 unspecified atom stereocenters. The third-order valence-corrected chi connectivity index (χ3v) is 4.42. The second-order valence-electron chi connectivity index (χ2n) is 6.12. The van der Waals surface area contributed by atoms with E-state index in [9.17, 15) is 4.79 Å². The zero-order chi connectivity index (χ0) is 16.9. The number of carbonyl (C=O) groups excluding carboxylic acids is 1. The van der Waals surface area contributed by atoms with Crippen molar-refractivity contribution in [2.75, 3.05) is 19.6 Å². The zero-order valence-electron chi connectivity index (χ0n) is 14.3. The van der Waals surface area contributed by atoms with Crippen LogP contribution in [-0.2, 0) is 24.3 Å². The van der Waals surface area contributed by atoms with Crippen molar-refractivity contribution in [3.63, 3.8) is 0 Å². The van der Waals surface area contributed by atoms with Gasteiger partial charge in [0.25, 0.3) is 0 Å². The Labute approximate surface area is 141 Å². The number of aryl methyl sites for hydroxylation is 1. The van der Waals surface area contributed by atoms with E-state index in [4.69, 9.17) is 4.52 Å². The molecule has 0 saturated carbocycles. The van der Waals surface area contributed by atoms with Crippen molar-refractivity contribution in [1.82, 2.24) is 29.7 Å². The van der Waals surface area contributed by atoms with Crippen molar-refractivity contribution in [2.24, 2.45) is 0 Å². The van der Waals surface area contributed by atoms with Gasteiger partial charge in [0.15, 0.2) is 5.82 Å². The number of hydrogen-bond acceptors (Lipinski definition) is 6. The summed E-state index contributed by atoms with van der Waals surface area (Å²) in [5.74, 6) is 1.24. The van der Waals surface area contributed by atoms with Gasteiger partial charge in [0.2, 0.25) is 11.8 Å². The fourth-order valence-electron chi connectivity index (χ4n) is 3.09. The molecule has 0 aromatic carbocycles. The first kappa shape index (κ1) is 16.6. The summed E-state index contributed by atoms with van der Waals surface area (Å²) >= 11 is 0. The summed E-state index contributed by atoms with van der Waals surface area (Å²) < 4.78 is 7.07. The zero-order valence-corrected chi connectivity index (χ0v) is 14.3. The summed E-state index contributed by atoms with van der Waals surface area (Å²) in [6.45, 7) is 7.65. The maximum atomic E-state index is 12.1. The van der Waals surface area contributed by atoms with Gasteiger partial charge in [-0.2, -0.15) is 10.1 Å². The molecule has 2 aromatic rings. The second-order valence-corrected chi connectivity index (χ2v) is 6.12. The van der Waals surface area contributed by atoms with Crippen LogP contribution in [0.1, 0.15) is 32.0 Å². The van der Waals surface area contributed by atoms with Gasteiger partial charge in [0, 0.05) is 51.4 Å². The highest BCUT2D eigenvalue weighted by Gasteiger charge is 2.30. The second kappa shape index (κ2) is 7.57. The average Bonchev–Trinajstić information content (AvgIpc) is 3.31. The lowest BCUT2D eigenvalue weighted by atomic mass is 10.2. The van der Waals surface area contributed by atoms with Crippen LogP contribution in [0.3, 0.4) is 0 Å². The highest BCUT2D eigenvalue weighted by molar-refractivity contribution is 5.73. The molecule has 1 atom stereocenters. The van der Waals surface area contributed by atoms with Gasteiger partial charge >= 0.3 is 0 Å². The van der Waals surface area contributed by atoms with Crippen molar-refractivity contribution < 1.29 is 9.32 Å². The average molecular weight is 332 g/mol. The number of rotatable bonds is 7. The molecule has 8 heteroatoms. The smallest absolute Gasteiger partial charge is 0.226 e. The Kier molecular flexibility index (Phi) is 5.24. The van der Waals surface area contributed by atoms with Gasteiger partial charge in [0.05, 0.1) is 13.1 Å². The molecular weight excluding hydrogens is 308 g/mol. The van der Waals surface area contributed by atoms with Crippen LogP contribution < -0.4 is 0 Å². The lowest BCUT2D eigenvalue weighted by molar-refractivity contribution is -0.131. The molecule has 0 radical (unpaired) electrons. The van der Waals surface area contributed by atoms with Gasteiger partial charge < -0.3 is 9.42 Å². The van der Waals surface area contributed by atoms with Gasteiger partial charge in [-0.25, -0.2) is 0 Å². The minimum absolute atomic E-state index is 0.0526. The highest BCUT2D eigenvalue weighted by atomic mass is 16.5. The van der Waals surface area contributed by atoms with E-state index in [0.29, 0.717) is 24.7 Å². The van der Waals surface area contributed by atoms with Crippen molar-refractivity contribution in [1.29, 1.82) is 0 Å². The van der Waals surface area contributed by atoms with Gasteiger partial charge in [-0.15, -0.1) is 0 Å². The Morgan fingerprint density at radius 3 is 3.00 bits per heavy atom. The van der Waals surface area contributed by atoms with Crippen molar-refractivity contribution in [3.8, 4) is 0 Å². The van der Waals surface area contributed by atoms with Crippen LogP contribution in [0.25, 0.3) is 0 Å².